The summed E-state index contributed by atoms with van der Waals surface area (Å²) in [4.78, 5) is 22.4. The number of thiophene rings is 1. The number of rotatable bonds is 4. The lowest BCUT2D eigenvalue weighted by Gasteiger charge is -2.07. The molecule has 0 unspecified atom stereocenters. The van der Waals surface area contributed by atoms with E-state index in [2.05, 4.69) is 28.3 Å². The van der Waals surface area contributed by atoms with E-state index in [-0.39, 0.29) is 5.78 Å². The van der Waals surface area contributed by atoms with Gasteiger partial charge < -0.3 is 5.32 Å². The lowest BCUT2D eigenvalue weighted by Crippen LogP contribution is -1.97. The molecule has 0 radical (unpaired) electrons. The number of fused-ring (bicyclic) bond motifs is 1. The highest BCUT2D eigenvalue weighted by Crippen LogP contribution is 2.30. The van der Waals surface area contributed by atoms with Gasteiger partial charge in [0.2, 0.25) is 0 Å². The normalized spacial score (nSPS) is 10.8. The second kappa shape index (κ2) is 5.61. The number of hydrogen-bond acceptors (Lipinski definition) is 5. The van der Waals surface area contributed by atoms with Crippen LogP contribution in [-0.2, 0) is 6.42 Å². The number of carbonyl (C=O) groups excluding carboxylic acids is 1. The fourth-order valence-corrected chi connectivity index (χ4v) is 3.07. The summed E-state index contributed by atoms with van der Waals surface area (Å²) in [5.41, 5.74) is 1.54. The second-order valence-electron chi connectivity index (χ2n) is 4.77. The van der Waals surface area contributed by atoms with Crippen LogP contribution in [-0.4, -0.2) is 15.8 Å². The molecule has 0 bridgehead atoms. The van der Waals surface area contributed by atoms with Gasteiger partial charge >= 0.3 is 0 Å². The third kappa shape index (κ3) is 2.78. The average Bonchev–Trinajstić information content (AvgIpc) is 2.92. The molecule has 1 aromatic carbocycles. The number of aromatic nitrogens is 2. The molecule has 3 rings (SSSR count). The SMILES string of the molecule is CCc1cc2c(Nc3cccc(C(C)=O)c3)ncnc2s1. The van der Waals surface area contributed by atoms with Crippen LogP contribution in [0.5, 0.6) is 0 Å². The first-order valence-electron chi connectivity index (χ1n) is 6.79. The zero-order valence-corrected chi connectivity index (χ0v) is 12.7. The van der Waals surface area contributed by atoms with Crippen LogP contribution < -0.4 is 5.32 Å². The molecule has 0 fully saturated rings. The Bertz CT molecular complexity index is 810. The fourth-order valence-electron chi connectivity index (χ4n) is 2.13. The fraction of sp³-hybridized carbons (Fsp3) is 0.188. The Morgan fingerprint density at radius 3 is 2.90 bits per heavy atom. The van der Waals surface area contributed by atoms with E-state index >= 15 is 0 Å². The Labute approximate surface area is 126 Å². The van der Waals surface area contributed by atoms with Crippen molar-refractivity contribution in [2.75, 3.05) is 5.32 Å². The van der Waals surface area contributed by atoms with E-state index in [9.17, 15) is 4.79 Å². The van der Waals surface area contributed by atoms with Crippen molar-refractivity contribution in [3.8, 4) is 0 Å². The molecule has 3 aromatic rings. The van der Waals surface area contributed by atoms with Crippen molar-refractivity contribution in [2.24, 2.45) is 0 Å². The average molecular weight is 297 g/mol. The minimum Gasteiger partial charge on any atom is -0.340 e. The Morgan fingerprint density at radius 1 is 1.29 bits per heavy atom. The molecule has 0 aliphatic rings. The molecule has 0 aliphatic heterocycles. The van der Waals surface area contributed by atoms with Gasteiger partial charge in [-0.1, -0.05) is 19.1 Å². The zero-order valence-electron chi connectivity index (χ0n) is 11.9. The molecule has 0 atom stereocenters. The van der Waals surface area contributed by atoms with Gasteiger partial charge in [0.25, 0.3) is 0 Å². The van der Waals surface area contributed by atoms with E-state index in [4.69, 9.17) is 0 Å². The first-order chi connectivity index (χ1) is 10.2. The number of carbonyl (C=O) groups is 1. The van der Waals surface area contributed by atoms with E-state index < -0.39 is 0 Å². The van der Waals surface area contributed by atoms with Crippen LogP contribution in [0.15, 0.2) is 36.7 Å². The van der Waals surface area contributed by atoms with Crippen LogP contribution in [0.1, 0.15) is 29.1 Å². The van der Waals surface area contributed by atoms with Crippen molar-refractivity contribution in [1.82, 2.24) is 9.97 Å². The topological polar surface area (TPSA) is 54.9 Å². The van der Waals surface area contributed by atoms with E-state index in [0.717, 1.165) is 28.1 Å². The Kier molecular flexibility index (Phi) is 3.66. The number of anilines is 2. The van der Waals surface area contributed by atoms with Gasteiger partial charge in [0.15, 0.2) is 5.78 Å². The Hall–Kier alpha value is -2.27. The maximum Gasteiger partial charge on any atom is 0.159 e. The lowest BCUT2D eigenvalue weighted by molar-refractivity contribution is 0.101. The molecule has 0 saturated heterocycles. The predicted octanol–water partition coefficient (Wildman–Crippen LogP) is 4.20. The van der Waals surface area contributed by atoms with E-state index in [1.807, 2.05) is 24.3 Å². The molecule has 0 spiro atoms. The van der Waals surface area contributed by atoms with E-state index in [1.165, 1.54) is 4.88 Å². The lowest BCUT2D eigenvalue weighted by atomic mass is 10.1. The van der Waals surface area contributed by atoms with Crippen LogP contribution in [0.25, 0.3) is 10.2 Å². The zero-order chi connectivity index (χ0) is 14.8. The molecule has 106 valence electrons. The summed E-state index contributed by atoms with van der Waals surface area (Å²) in [5, 5.41) is 4.30. The van der Waals surface area contributed by atoms with Gasteiger partial charge in [0.1, 0.15) is 17.0 Å². The van der Waals surface area contributed by atoms with Crippen molar-refractivity contribution < 1.29 is 4.79 Å². The molecule has 0 aliphatic carbocycles. The Morgan fingerprint density at radius 2 is 2.14 bits per heavy atom. The maximum atomic E-state index is 11.5. The van der Waals surface area contributed by atoms with Crippen molar-refractivity contribution in [3.05, 3.63) is 47.1 Å². The summed E-state index contributed by atoms with van der Waals surface area (Å²) >= 11 is 1.68. The highest BCUT2D eigenvalue weighted by Gasteiger charge is 2.09. The summed E-state index contributed by atoms with van der Waals surface area (Å²) < 4.78 is 0. The molecule has 4 nitrogen and oxygen atoms in total. The number of Topliss-reactive ketones (excluding diaryl/α,β-unsaturated/α-hetero) is 1. The number of hydrogen-bond donors (Lipinski definition) is 1. The molecular weight excluding hydrogens is 282 g/mol. The van der Waals surface area contributed by atoms with Crippen molar-refractivity contribution in [3.63, 3.8) is 0 Å². The molecular formula is C16H15N3OS. The summed E-state index contributed by atoms with van der Waals surface area (Å²) in [5.74, 6) is 0.826. The summed E-state index contributed by atoms with van der Waals surface area (Å²) in [6, 6.07) is 9.55. The summed E-state index contributed by atoms with van der Waals surface area (Å²) in [7, 11) is 0. The number of benzene rings is 1. The first kappa shape index (κ1) is 13.7. The molecule has 21 heavy (non-hydrogen) atoms. The largest absolute Gasteiger partial charge is 0.340 e. The predicted molar refractivity (Wildman–Crippen MR) is 86.5 cm³/mol. The summed E-state index contributed by atoms with van der Waals surface area (Å²) in [6.07, 6.45) is 2.55. The third-order valence-electron chi connectivity index (χ3n) is 3.26. The van der Waals surface area contributed by atoms with Gasteiger partial charge in [0, 0.05) is 16.1 Å². The second-order valence-corrected chi connectivity index (χ2v) is 5.88. The quantitative estimate of drug-likeness (QED) is 0.733. The van der Waals surface area contributed by atoms with E-state index in [0.29, 0.717) is 5.56 Å². The van der Waals surface area contributed by atoms with Crippen LogP contribution in [0.4, 0.5) is 11.5 Å². The first-order valence-corrected chi connectivity index (χ1v) is 7.60. The molecule has 0 amide bonds. The van der Waals surface area contributed by atoms with Crippen molar-refractivity contribution >= 4 is 38.8 Å². The highest BCUT2D eigenvalue weighted by atomic mass is 32.1. The number of aryl methyl sites for hydroxylation is 1. The number of ketones is 1. The van der Waals surface area contributed by atoms with Gasteiger partial charge in [-0.05, 0) is 31.5 Å². The number of nitrogens with one attached hydrogen (secondary N) is 1. The van der Waals surface area contributed by atoms with Gasteiger partial charge in [-0.15, -0.1) is 11.3 Å². The molecule has 5 heteroatoms. The monoisotopic (exact) mass is 297 g/mol. The Balaban J connectivity index is 1.99. The minimum atomic E-state index is 0.0512. The van der Waals surface area contributed by atoms with Crippen molar-refractivity contribution in [1.29, 1.82) is 0 Å². The van der Waals surface area contributed by atoms with Gasteiger partial charge in [-0.2, -0.15) is 0 Å². The van der Waals surface area contributed by atoms with Crippen molar-refractivity contribution in [2.45, 2.75) is 20.3 Å². The molecule has 1 N–H and O–H groups in total. The van der Waals surface area contributed by atoms with Crippen LogP contribution in [0.2, 0.25) is 0 Å². The maximum absolute atomic E-state index is 11.5. The molecule has 2 aromatic heterocycles. The molecule has 0 saturated carbocycles. The minimum absolute atomic E-state index is 0.0512. The standard InChI is InChI=1S/C16H15N3OS/c1-3-13-8-14-15(17-9-18-16(14)21-13)19-12-6-4-5-11(7-12)10(2)20/h4-9H,3H2,1-2H3,(H,17,18,19). The smallest absolute Gasteiger partial charge is 0.159 e. The van der Waals surface area contributed by atoms with Gasteiger partial charge in [-0.3, -0.25) is 4.79 Å². The number of nitrogens with zero attached hydrogens (tertiary/aromatic N) is 2. The van der Waals surface area contributed by atoms with Crippen LogP contribution in [0.3, 0.4) is 0 Å². The van der Waals surface area contributed by atoms with Crippen LogP contribution in [0, 0.1) is 0 Å². The third-order valence-corrected chi connectivity index (χ3v) is 4.45. The summed E-state index contributed by atoms with van der Waals surface area (Å²) in [6.45, 7) is 3.69. The molecule has 2 heterocycles. The van der Waals surface area contributed by atoms with Gasteiger partial charge in [-0.25, -0.2) is 9.97 Å². The highest BCUT2D eigenvalue weighted by molar-refractivity contribution is 7.18. The van der Waals surface area contributed by atoms with Gasteiger partial charge in [0.05, 0.1) is 5.39 Å². The van der Waals surface area contributed by atoms with E-state index in [1.54, 1.807) is 24.6 Å². The van der Waals surface area contributed by atoms with Crippen LogP contribution >= 0.6 is 11.3 Å².